The Labute approximate surface area is 162 Å². The van der Waals surface area contributed by atoms with Gasteiger partial charge in [0.2, 0.25) is 0 Å². The molecule has 0 unspecified atom stereocenters. The van der Waals surface area contributed by atoms with E-state index >= 15 is 0 Å². The molecule has 0 N–H and O–H groups in total. The molecule has 7 heteroatoms. The van der Waals surface area contributed by atoms with Gasteiger partial charge in [0.1, 0.15) is 0 Å². The van der Waals surface area contributed by atoms with Gasteiger partial charge in [-0.05, 0) is 57.0 Å². The van der Waals surface area contributed by atoms with Crippen LogP contribution in [0.1, 0.15) is 22.7 Å². The van der Waals surface area contributed by atoms with E-state index < -0.39 is 0 Å². The summed E-state index contributed by atoms with van der Waals surface area (Å²) in [6, 6.07) is 7.23. The van der Waals surface area contributed by atoms with E-state index in [0.717, 1.165) is 48.7 Å². The molecule has 0 spiro atoms. The van der Waals surface area contributed by atoms with Crippen LogP contribution in [0.25, 0.3) is 11.3 Å². The van der Waals surface area contributed by atoms with E-state index in [2.05, 4.69) is 20.0 Å². The van der Waals surface area contributed by atoms with Crippen molar-refractivity contribution in [3.05, 3.63) is 63.1 Å². The lowest BCUT2D eigenvalue weighted by Crippen LogP contribution is -2.36. The zero-order chi connectivity index (χ0) is 18.6. The minimum atomic E-state index is -0.0321. The molecular formula is C20H23N5OS. The quantitative estimate of drug-likeness (QED) is 0.680. The molecule has 4 rings (SSSR count). The Kier molecular flexibility index (Phi) is 5.40. The number of thiazole rings is 1. The lowest BCUT2D eigenvalue weighted by Gasteiger charge is -2.31. The maximum Gasteiger partial charge on any atom is 0.266 e. The van der Waals surface area contributed by atoms with Crippen molar-refractivity contribution in [1.82, 2.24) is 24.6 Å². The summed E-state index contributed by atoms with van der Waals surface area (Å²) in [5, 5.41) is 5.71. The highest BCUT2D eigenvalue weighted by molar-refractivity contribution is 7.11. The van der Waals surface area contributed by atoms with Crippen LogP contribution in [-0.4, -0.2) is 37.7 Å². The van der Waals surface area contributed by atoms with Crippen LogP contribution < -0.4 is 5.56 Å². The Morgan fingerprint density at radius 1 is 1.15 bits per heavy atom. The summed E-state index contributed by atoms with van der Waals surface area (Å²) in [5.74, 6) is 0.488. The summed E-state index contributed by atoms with van der Waals surface area (Å²) in [6.07, 6.45) is 7.65. The summed E-state index contributed by atoms with van der Waals surface area (Å²) in [4.78, 5) is 24.4. The SMILES string of the molecule is Cc1ncc(CN2CCC(Cn3nc(-c4ccncc4)ccc3=O)CC2)s1. The second-order valence-corrected chi connectivity index (χ2v) is 8.36. The van der Waals surface area contributed by atoms with Crippen molar-refractivity contribution in [2.75, 3.05) is 13.1 Å². The van der Waals surface area contributed by atoms with Gasteiger partial charge in [-0.3, -0.25) is 14.7 Å². The fourth-order valence-electron chi connectivity index (χ4n) is 3.53. The van der Waals surface area contributed by atoms with Crippen molar-refractivity contribution in [2.45, 2.75) is 32.9 Å². The molecule has 0 aliphatic carbocycles. The molecule has 1 aliphatic heterocycles. The number of hydrogen-bond donors (Lipinski definition) is 0. The Morgan fingerprint density at radius 3 is 2.63 bits per heavy atom. The van der Waals surface area contributed by atoms with E-state index in [-0.39, 0.29) is 5.56 Å². The van der Waals surface area contributed by atoms with Crippen LogP contribution >= 0.6 is 11.3 Å². The van der Waals surface area contributed by atoms with Gasteiger partial charge in [0, 0.05) is 48.2 Å². The van der Waals surface area contributed by atoms with Crippen LogP contribution in [0.4, 0.5) is 0 Å². The van der Waals surface area contributed by atoms with Crippen LogP contribution in [-0.2, 0) is 13.1 Å². The Balaban J connectivity index is 1.38. The van der Waals surface area contributed by atoms with Crippen molar-refractivity contribution in [3.63, 3.8) is 0 Å². The van der Waals surface area contributed by atoms with Crippen LogP contribution in [0, 0.1) is 12.8 Å². The first-order chi connectivity index (χ1) is 13.2. The van der Waals surface area contributed by atoms with Gasteiger partial charge < -0.3 is 0 Å². The molecule has 0 radical (unpaired) electrons. The first-order valence-corrected chi connectivity index (χ1v) is 10.1. The molecule has 1 saturated heterocycles. The topological polar surface area (TPSA) is 63.9 Å². The minimum Gasteiger partial charge on any atom is -0.298 e. The number of aryl methyl sites for hydroxylation is 1. The zero-order valence-electron chi connectivity index (χ0n) is 15.4. The highest BCUT2D eigenvalue weighted by atomic mass is 32.1. The number of nitrogens with zero attached hydrogens (tertiary/aromatic N) is 5. The van der Waals surface area contributed by atoms with Crippen molar-refractivity contribution >= 4 is 11.3 Å². The Bertz CT molecular complexity index is 944. The maximum absolute atomic E-state index is 12.3. The van der Waals surface area contributed by atoms with Crippen molar-refractivity contribution in [2.24, 2.45) is 5.92 Å². The molecule has 0 saturated carbocycles. The van der Waals surface area contributed by atoms with Gasteiger partial charge in [-0.25, -0.2) is 9.67 Å². The molecule has 1 fully saturated rings. The van der Waals surface area contributed by atoms with E-state index in [9.17, 15) is 4.79 Å². The summed E-state index contributed by atoms with van der Waals surface area (Å²) in [6.45, 7) is 5.82. The number of likely N-dealkylation sites (tertiary alicyclic amines) is 1. The normalized spacial score (nSPS) is 15.9. The van der Waals surface area contributed by atoms with Crippen LogP contribution in [0.5, 0.6) is 0 Å². The summed E-state index contributed by atoms with van der Waals surface area (Å²) < 4.78 is 1.63. The predicted molar refractivity (Wildman–Crippen MR) is 107 cm³/mol. The molecule has 0 atom stereocenters. The first-order valence-electron chi connectivity index (χ1n) is 9.29. The van der Waals surface area contributed by atoms with Gasteiger partial charge in [0.15, 0.2) is 0 Å². The number of pyridine rings is 1. The van der Waals surface area contributed by atoms with Crippen LogP contribution in [0.3, 0.4) is 0 Å². The molecule has 4 heterocycles. The molecule has 1 aliphatic rings. The van der Waals surface area contributed by atoms with Crippen molar-refractivity contribution in [3.8, 4) is 11.3 Å². The number of rotatable bonds is 5. The number of hydrogen-bond acceptors (Lipinski definition) is 6. The molecule has 6 nitrogen and oxygen atoms in total. The molecule has 0 aromatic carbocycles. The zero-order valence-corrected chi connectivity index (χ0v) is 16.2. The lowest BCUT2D eigenvalue weighted by atomic mass is 9.97. The highest BCUT2D eigenvalue weighted by Gasteiger charge is 2.21. The van der Waals surface area contributed by atoms with Crippen molar-refractivity contribution < 1.29 is 0 Å². The molecule has 3 aromatic rings. The third-order valence-electron chi connectivity index (χ3n) is 5.03. The molecule has 0 amide bonds. The van der Waals surface area contributed by atoms with E-state index in [1.807, 2.05) is 25.3 Å². The van der Waals surface area contributed by atoms with E-state index in [4.69, 9.17) is 0 Å². The number of aromatic nitrogens is 4. The third kappa shape index (κ3) is 4.48. The smallest absolute Gasteiger partial charge is 0.266 e. The average molecular weight is 382 g/mol. The fraction of sp³-hybridized carbons (Fsp3) is 0.400. The van der Waals surface area contributed by atoms with Crippen molar-refractivity contribution in [1.29, 1.82) is 0 Å². The average Bonchev–Trinajstić information content (AvgIpc) is 3.10. The second kappa shape index (κ2) is 8.10. The maximum atomic E-state index is 12.3. The van der Waals surface area contributed by atoms with E-state index in [0.29, 0.717) is 12.5 Å². The fourth-order valence-corrected chi connectivity index (χ4v) is 4.36. The van der Waals surface area contributed by atoms with E-state index in [1.165, 1.54) is 4.88 Å². The summed E-state index contributed by atoms with van der Waals surface area (Å²) in [7, 11) is 0. The second-order valence-electron chi connectivity index (χ2n) is 7.04. The lowest BCUT2D eigenvalue weighted by molar-refractivity contribution is 0.164. The van der Waals surface area contributed by atoms with Crippen LogP contribution in [0.2, 0.25) is 0 Å². The molecular weight excluding hydrogens is 358 g/mol. The minimum absolute atomic E-state index is 0.0321. The van der Waals surface area contributed by atoms with Crippen LogP contribution in [0.15, 0.2) is 47.7 Å². The Morgan fingerprint density at radius 2 is 1.93 bits per heavy atom. The van der Waals surface area contributed by atoms with E-state index in [1.54, 1.807) is 40.5 Å². The molecule has 27 heavy (non-hydrogen) atoms. The summed E-state index contributed by atoms with van der Waals surface area (Å²) >= 11 is 1.77. The molecule has 0 bridgehead atoms. The number of piperidine rings is 1. The Hall–Kier alpha value is -2.38. The van der Waals surface area contributed by atoms with Gasteiger partial charge in [0.05, 0.1) is 10.7 Å². The van der Waals surface area contributed by atoms with Gasteiger partial charge in [-0.15, -0.1) is 11.3 Å². The van der Waals surface area contributed by atoms with Gasteiger partial charge in [-0.2, -0.15) is 5.10 Å². The summed E-state index contributed by atoms with van der Waals surface area (Å²) in [5.41, 5.74) is 1.76. The predicted octanol–water partition coefficient (Wildman–Crippen LogP) is 2.98. The molecule has 3 aromatic heterocycles. The molecule has 140 valence electrons. The monoisotopic (exact) mass is 381 g/mol. The standard InChI is InChI=1S/C20H23N5OS/c1-15-22-12-18(27-15)14-24-10-6-16(7-11-24)13-25-20(26)3-2-19(23-25)17-4-8-21-9-5-17/h2-5,8-9,12,16H,6-7,10-11,13-14H2,1H3. The third-order valence-corrected chi connectivity index (χ3v) is 5.93. The van der Waals surface area contributed by atoms with Gasteiger partial charge in [-0.1, -0.05) is 0 Å². The highest BCUT2D eigenvalue weighted by Crippen LogP contribution is 2.22. The van der Waals surface area contributed by atoms with Gasteiger partial charge in [0.25, 0.3) is 5.56 Å². The first kappa shape index (κ1) is 18.0. The largest absolute Gasteiger partial charge is 0.298 e. The van der Waals surface area contributed by atoms with Gasteiger partial charge >= 0.3 is 0 Å².